The Kier molecular flexibility index (Phi) is 3.09. The highest BCUT2D eigenvalue weighted by Gasteiger charge is 2.18. The van der Waals surface area contributed by atoms with Crippen molar-refractivity contribution in [3.63, 3.8) is 0 Å². The molecule has 22 heavy (non-hydrogen) atoms. The summed E-state index contributed by atoms with van der Waals surface area (Å²) in [5.74, 6) is 0.735. The van der Waals surface area contributed by atoms with Gasteiger partial charge in [-0.25, -0.2) is 0 Å². The van der Waals surface area contributed by atoms with Gasteiger partial charge in [0.25, 0.3) is 0 Å². The zero-order chi connectivity index (χ0) is 14.9. The molecule has 0 bridgehead atoms. The lowest BCUT2D eigenvalue weighted by Crippen LogP contribution is -2.23. The fourth-order valence-corrected chi connectivity index (χ4v) is 3.52. The van der Waals surface area contributed by atoms with Crippen molar-refractivity contribution in [2.45, 2.75) is 0 Å². The number of fused-ring (bicyclic) bond motifs is 1. The van der Waals surface area contributed by atoms with Crippen LogP contribution < -0.4 is 10.1 Å². The van der Waals surface area contributed by atoms with Gasteiger partial charge in [0.05, 0.1) is 6.20 Å². The first-order valence-electron chi connectivity index (χ1n) is 7.04. The van der Waals surface area contributed by atoms with Gasteiger partial charge in [0.1, 0.15) is 10.6 Å². The van der Waals surface area contributed by atoms with Gasteiger partial charge in [-0.05, 0) is 5.56 Å². The number of aromatic nitrogens is 2. The number of nitrogens with two attached hydrogens (primary N) is 1. The highest BCUT2D eigenvalue weighted by atomic mass is 32.1. The zero-order valence-electron chi connectivity index (χ0n) is 11.8. The molecule has 0 radical (unpaired) electrons. The van der Waals surface area contributed by atoms with E-state index < -0.39 is 0 Å². The molecular formula is C18H14N3S+. The van der Waals surface area contributed by atoms with Crippen LogP contribution in [-0.4, -0.2) is 4.98 Å². The average molecular weight is 304 g/mol. The quantitative estimate of drug-likeness (QED) is 0.572. The molecule has 0 atom stereocenters. The third-order valence-electron chi connectivity index (χ3n) is 3.59. The van der Waals surface area contributed by atoms with Gasteiger partial charge in [-0.2, -0.15) is 4.40 Å². The molecule has 4 aromatic rings. The van der Waals surface area contributed by atoms with Gasteiger partial charge in [0.15, 0.2) is 0 Å². The third kappa shape index (κ3) is 2.14. The van der Waals surface area contributed by atoms with E-state index in [9.17, 15) is 0 Å². The lowest BCUT2D eigenvalue weighted by Gasteiger charge is -1.96. The van der Waals surface area contributed by atoms with Crippen molar-refractivity contribution in [1.29, 1.82) is 0 Å². The van der Waals surface area contributed by atoms with E-state index in [1.165, 1.54) is 0 Å². The number of rotatable bonds is 2. The van der Waals surface area contributed by atoms with Crippen LogP contribution in [0.5, 0.6) is 0 Å². The van der Waals surface area contributed by atoms with Gasteiger partial charge in [-0.1, -0.05) is 77.0 Å². The normalized spacial score (nSPS) is 10.9. The minimum Gasteiger partial charge on any atom is -0.317 e. The number of benzene rings is 2. The van der Waals surface area contributed by atoms with Gasteiger partial charge >= 0.3 is 4.96 Å². The zero-order valence-corrected chi connectivity index (χ0v) is 12.6. The highest BCUT2D eigenvalue weighted by Crippen LogP contribution is 2.31. The largest absolute Gasteiger partial charge is 0.326 e. The Bertz CT molecular complexity index is 931. The van der Waals surface area contributed by atoms with Gasteiger partial charge in [0, 0.05) is 11.6 Å². The minimum atomic E-state index is 0.735. The number of thiazole rings is 1. The van der Waals surface area contributed by atoms with Crippen LogP contribution >= 0.6 is 11.3 Å². The van der Waals surface area contributed by atoms with Crippen molar-refractivity contribution < 1.29 is 4.40 Å². The predicted molar refractivity (Wildman–Crippen MR) is 90.6 cm³/mol. The molecule has 0 saturated carbocycles. The molecule has 0 aliphatic rings. The fourth-order valence-electron chi connectivity index (χ4n) is 2.48. The minimum absolute atomic E-state index is 0.735. The lowest BCUT2D eigenvalue weighted by atomic mass is 10.1. The number of hydrogen-bond acceptors (Lipinski definition) is 3. The summed E-state index contributed by atoms with van der Waals surface area (Å²) in [4.78, 5) is 6.71. The summed E-state index contributed by atoms with van der Waals surface area (Å²) in [5, 5.41) is 0. The van der Waals surface area contributed by atoms with Crippen molar-refractivity contribution in [1.82, 2.24) is 4.98 Å². The topological polar surface area (TPSA) is 43.0 Å². The second-order valence-electron chi connectivity index (χ2n) is 5.01. The Morgan fingerprint density at radius 2 is 1.45 bits per heavy atom. The van der Waals surface area contributed by atoms with Gasteiger partial charge in [0.2, 0.25) is 5.82 Å². The molecule has 2 heterocycles. The molecule has 0 spiro atoms. The van der Waals surface area contributed by atoms with Crippen LogP contribution in [0.25, 0.3) is 26.7 Å². The molecule has 4 heteroatoms. The first kappa shape index (κ1) is 13.0. The second-order valence-corrected chi connectivity index (χ2v) is 5.99. The second kappa shape index (κ2) is 5.24. The maximum Gasteiger partial charge on any atom is 0.326 e. The van der Waals surface area contributed by atoms with Crippen molar-refractivity contribution in [3.8, 4) is 21.7 Å². The fraction of sp³-hybridized carbons (Fsp3) is 0. The molecule has 0 aliphatic carbocycles. The summed E-state index contributed by atoms with van der Waals surface area (Å²) in [7, 11) is 0. The predicted octanol–water partition coefficient (Wildman–Crippen LogP) is 3.80. The Morgan fingerprint density at radius 3 is 2.14 bits per heavy atom. The molecular weight excluding hydrogens is 290 g/mol. The van der Waals surface area contributed by atoms with Crippen LogP contribution in [-0.2, 0) is 0 Å². The van der Waals surface area contributed by atoms with Gasteiger partial charge < -0.3 is 5.73 Å². The van der Waals surface area contributed by atoms with E-state index in [0.717, 1.165) is 32.5 Å². The Morgan fingerprint density at radius 1 is 0.818 bits per heavy atom. The molecule has 0 aliphatic heterocycles. The summed E-state index contributed by atoms with van der Waals surface area (Å²) in [6, 6.07) is 22.4. The average Bonchev–Trinajstić information content (AvgIpc) is 2.93. The molecule has 0 unspecified atom stereocenters. The molecule has 0 saturated heterocycles. The van der Waals surface area contributed by atoms with E-state index in [2.05, 4.69) is 24.3 Å². The maximum absolute atomic E-state index is 6.29. The molecule has 2 aromatic carbocycles. The summed E-state index contributed by atoms with van der Waals surface area (Å²) in [6.45, 7) is 0. The van der Waals surface area contributed by atoms with Crippen molar-refractivity contribution in [2.75, 3.05) is 5.73 Å². The standard InChI is InChI=1S/C18H14N3S/c19-17-16(14-9-5-2-6-10-14)22-18-20-15(11-12-21(17)18)13-7-3-1-4-8-13/h1-12H,19H2/q+1. The monoisotopic (exact) mass is 304 g/mol. The molecule has 3 nitrogen and oxygen atoms in total. The Labute approximate surface area is 132 Å². The highest BCUT2D eigenvalue weighted by molar-refractivity contribution is 7.20. The third-order valence-corrected chi connectivity index (χ3v) is 4.71. The summed E-state index contributed by atoms with van der Waals surface area (Å²) in [5.41, 5.74) is 9.48. The smallest absolute Gasteiger partial charge is 0.317 e. The number of anilines is 1. The van der Waals surface area contributed by atoms with Crippen LogP contribution in [0.1, 0.15) is 0 Å². The van der Waals surface area contributed by atoms with Crippen molar-refractivity contribution >= 4 is 22.1 Å². The van der Waals surface area contributed by atoms with Crippen LogP contribution in [0.4, 0.5) is 5.82 Å². The van der Waals surface area contributed by atoms with E-state index in [4.69, 9.17) is 10.7 Å². The van der Waals surface area contributed by atoms with Crippen molar-refractivity contribution in [2.24, 2.45) is 0 Å². The van der Waals surface area contributed by atoms with Crippen molar-refractivity contribution in [3.05, 3.63) is 72.9 Å². The lowest BCUT2D eigenvalue weighted by molar-refractivity contribution is -0.493. The van der Waals surface area contributed by atoms with Crippen LogP contribution in [0.2, 0.25) is 0 Å². The molecule has 0 fully saturated rings. The van der Waals surface area contributed by atoms with Gasteiger partial charge in [-0.3, -0.25) is 0 Å². The summed E-state index contributed by atoms with van der Waals surface area (Å²) >= 11 is 1.61. The first-order chi connectivity index (χ1) is 10.8. The molecule has 106 valence electrons. The van der Waals surface area contributed by atoms with Gasteiger partial charge in [-0.15, -0.1) is 0 Å². The van der Waals surface area contributed by atoms with Crippen LogP contribution in [0.3, 0.4) is 0 Å². The Hall–Kier alpha value is -2.72. The first-order valence-corrected chi connectivity index (χ1v) is 7.86. The van der Waals surface area contributed by atoms with E-state index in [1.807, 2.05) is 53.1 Å². The molecule has 2 aromatic heterocycles. The summed E-state index contributed by atoms with van der Waals surface area (Å²) in [6.07, 6.45) is 1.99. The van der Waals surface area contributed by atoms with E-state index >= 15 is 0 Å². The molecule has 4 rings (SSSR count). The number of hydrogen-bond donors (Lipinski definition) is 1. The maximum atomic E-state index is 6.29. The Balaban J connectivity index is 1.88. The number of nitrogens with zero attached hydrogens (tertiary/aromatic N) is 2. The van der Waals surface area contributed by atoms with E-state index in [0.29, 0.717) is 0 Å². The van der Waals surface area contributed by atoms with Crippen LogP contribution in [0.15, 0.2) is 72.9 Å². The SMILES string of the molecule is Nc1c(-c2ccccc2)sc2nc(-c3ccccc3)cc[n+]12. The molecule has 2 N–H and O–H groups in total. The molecule has 0 amide bonds. The van der Waals surface area contributed by atoms with Crippen LogP contribution in [0, 0.1) is 0 Å². The van der Waals surface area contributed by atoms with E-state index in [-0.39, 0.29) is 0 Å². The summed E-state index contributed by atoms with van der Waals surface area (Å²) < 4.78 is 1.94. The van der Waals surface area contributed by atoms with E-state index in [1.54, 1.807) is 11.3 Å². The number of nitrogen functional groups attached to an aromatic ring is 1.